The van der Waals surface area contributed by atoms with Crippen molar-refractivity contribution in [1.82, 2.24) is 13.9 Å². The molecule has 0 saturated carbocycles. The van der Waals surface area contributed by atoms with Gasteiger partial charge in [0.15, 0.2) is 0 Å². The van der Waals surface area contributed by atoms with E-state index in [4.69, 9.17) is 16.3 Å². The molecule has 0 aliphatic rings. The Morgan fingerprint density at radius 2 is 1.72 bits per heavy atom. The molecule has 0 radical (unpaired) electrons. The summed E-state index contributed by atoms with van der Waals surface area (Å²) in [5, 5.41) is 0.362. The zero-order valence-corrected chi connectivity index (χ0v) is 23.3. The normalized spacial score (nSPS) is 12.5. The zero-order valence-electron chi connectivity index (χ0n) is 20.9. The van der Waals surface area contributed by atoms with E-state index in [1.807, 2.05) is 32.9 Å². The molecule has 2 aromatic carbocycles. The van der Waals surface area contributed by atoms with Crippen LogP contribution in [0.2, 0.25) is 5.02 Å². The number of ether oxygens (including phenoxy) is 1. The molecule has 3 rings (SSSR count). The van der Waals surface area contributed by atoms with Gasteiger partial charge in [0.05, 0.1) is 35.7 Å². The fraction of sp³-hybridized carbons (Fsp3) is 0.400. The first-order valence-corrected chi connectivity index (χ1v) is 15.0. The van der Waals surface area contributed by atoms with Gasteiger partial charge in [-0.25, -0.2) is 21.8 Å². The molecule has 0 aliphatic carbocycles. The van der Waals surface area contributed by atoms with Crippen LogP contribution in [-0.2, 0) is 43.4 Å². The Morgan fingerprint density at radius 3 is 2.33 bits per heavy atom. The van der Waals surface area contributed by atoms with Gasteiger partial charge in [-0.2, -0.15) is 4.31 Å². The third-order valence-corrected chi connectivity index (χ3v) is 9.35. The van der Waals surface area contributed by atoms with Crippen LogP contribution in [-0.4, -0.2) is 51.0 Å². The van der Waals surface area contributed by atoms with Crippen LogP contribution in [0.15, 0.2) is 64.8 Å². The number of sulfonamides is 1. The van der Waals surface area contributed by atoms with Crippen LogP contribution in [0.1, 0.15) is 30.7 Å². The molecule has 0 saturated heterocycles. The average Bonchev–Trinajstić information content (AvgIpc) is 3.20. The Balaban J connectivity index is 2.01. The molecule has 36 heavy (non-hydrogen) atoms. The summed E-state index contributed by atoms with van der Waals surface area (Å²) in [6.45, 7) is 6.36. The Kier molecular flexibility index (Phi) is 9.34. The second-order valence-corrected chi connectivity index (χ2v) is 13.3. The number of hydrogen-bond donors (Lipinski definition) is 0. The van der Waals surface area contributed by atoms with Crippen molar-refractivity contribution >= 4 is 31.5 Å². The number of hydrogen-bond acceptors (Lipinski definition) is 6. The quantitative estimate of drug-likeness (QED) is 0.331. The second-order valence-electron chi connectivity index (χ2n) is 9.01. The van der Waals surface area contributed by atoms with Crippen molar-refractivity contribution in [2.45, 2.75) is 49.7 Å². The summed E-state index contributed by atoms with van der Waals surface area (Å²) < 4.78 is 61.8. The zero-order chi connectivity index (χ0) is 26.5. The summed E-state index contributed by atoms with van der Waals surface area (Å²) in [6, 6.07) is 13.2. The Morgan fingerprint density at radius 1 is 1.06 bits per heavy atom. The lowest BCUT2D eigenvalue weighted by Gasteiger charge is -2.23. The third kappa shape index (κ3) is 6.74. The van der Waals surface area contributed by atoms with Crippen molar-refractivity contribution in [1.29, 1.82) is 0 Å². The van der Waals surface area contributed by atoms with E-state index in [0.29, 0.717) is 22.8 Å². The van der Waals surface area contributed by atoms with Gasteiger partial charge >= 0.3 is 0 Å². The van der Waals surface area contributed by atoms with Gasteiger partial charge in [-0.3, -0.25) is 0 Å². The molecule has 8 nitrogen and oxygen atoms in total. The Labute approximate surface area is 218 Å². The van der Waals surface area contributed by atoms with E-state index in [1.165, 1.54) is 41.9 Å². The van der Waals surface area contributed by atoms with Crippen molar-refractivity contribution in [2.75, 3.05) is 20.3 Å². The van der Waals surface area contributed by atoms with Gasteiger partial charge in [0.1, 0.15) is 0 Å². The predicted octanol–water partition coefficient (Wildman–Crippen LogP) is 4.31. The highest BCUT2D eigenvalue weighted by atomic mass is 35.5. The van der Waals surface area contributed by atoms with E-state index in [0.717, 1.165) is 5.56 Å². The minimum atomic E-state index is -3.91. The molecule has 0 N–H and O–H groups in total. The topological polar surface area (TPSA) is 98.6 Å². The highest BCUT2D eigenvalue weighted by Crippen LogP contribution is 2.24. The van der Waals surface area contributed by atoms with E-state index < -0.39 is 19.9 Å². The number of methoxy groups -OCH3 is 1. The van der Waals surface area contributed by atoms with Crippen molar-refractivity contribution < 1.29 is 21.6 Å². The molecule has 196 valence electrons. The fourth-order valence-corrected chi connectivity index (χ4v) is 6.91. The second kappa shape index (κ2) is 11.9. The van der Waals surface area contributed by atoms with Crippen molar-refractivity contribution in [3.63, 3.8) is 0 Å². The monoisotopic (exact) mass is 553 g/mol. The summed E-state index contributed by atoms with van der Waals surface area (Å²) >= 11 is 5.94. The molecular formula is C25H32ClN3O5S2. The molecule has 0 fully saturated rings. The smallest absolute Gasteiger partial charge is 0.243 e. The maximum Gasteiger partial charge on any atom is 0.243 e. The highest BCUT2D eigenvalue weighted by molar-refractivity contribution is 7.90. The van der Waals surface area contributed by atoms with E-state index in [1.54, 1.807) is 16.7 Å². The summed E-state index contributed by atoms with van der Waals surface area (Å²) in [4.78, 5) is 4.36. The third-order valence-electron chi connectivity index (χ3n) is 5.67. The molecule has 3 aromatic rings. The Bertz CT molecular complexity index is 1390. The van der Waals surface area contributed by atoms with Gasteiger partial charge < -0.3 is 9.30 Å². The number of imidazole rings is 1. The first-order chi connectivity index (χ1) is 17.0. The van der Waals surface area contributed by atoms with Crippen LogP contribution in [0.3, 0.4) is 0 Å². The van der Waals surface area contributed by atoms with Crippen molar-refractivity contribution in [3.05, 3.63) is 76.6 Å². The summed E-state index contributed by atoms with van der Waals surface area (Å²) in [6.07, 6.45) is 1.45. The van der Waals surface area contributed by atoms with Crippen molar-refractivity contribution in [2.24, 2.45) is 5.92 Å². The lowest BCUT2D eigenvalue weighted by molar-refractivity contribution is 0.176. The number of aryl methyl sites for hydroxylation is 1. The SMILES string of the molecule is COCCN(Cc1cnc(S(=O)(=O)Cc2ccccc2C)n1CC(C)C)S(=O)(=O)c1ccc(Cl)cc1. The molecular weight excluding hydrogens is 522 g/mol. The van der Waals surface area contributed by atoms with Crippen LogP contribution < -0.4 is 0 Å². The summed E-state index contributed by atoms with van der Waals surface area (Å²) in [5.74, 6) is -0.0873. The molecule has 0 bridgehead atoms. The lowest BCUT2D eigenvalue weighted by Crippen LogP contribution is -2.34. The van der Waals surface area contributed by atoms with Crippen LogP contribution in [0.25, 0.3) is 0 Å². The molecule has 0 atom stereocenters. The van der Waals surface area contributed by atoms with Gasteiger partial charge in [0.2, 0.25) is 25.0 Å². The molecule has 0 aliphatic heterocycles. The minimum Gasteiger partial charge on any atom is -0.383 e. The van der Waals surface area contributed by atoms with Crippen LogP contribution in [0.4, 0.5) is 0 Å². The van der Waals surface area contributed by atoms with E-state index >= 15 is 0 Å². The first-order valence-electron chi connectivity index (χ1n) is 11.5. The minimum absolute atomic E-state index is 0.0616. The van der Waals surface area contributed by atoms with Crippen LogP contribution >= 0.6 is 11.6 Å². The number of sulfone groups is 1. The largest absolute Gasteiger partial charge is 0.383 e. The van der Waals surface area contributed by atoms with Crippen LogP contribution in [0.5, 0.6) is 0 Å². The van der Waals surface area contributed by atoms with E-state index in [-0.39, 0.29) is 41.4 Å². The average molecular weight is 554 g/mol. The molecule has 1 heterocycles. The molecule has 0 unspecified atom stereocenters. The molecule has 11 heteroatoms. The predicted molar refractivity (Wildman–Crippen MR) is 140 cm³/mol. The maximum atomic E-state index is 13.4. The number of aromatic nitrogens is 2. The number of nitrogens with zero attached hydrogens (tertiary/aromatic N) is 3. The van der Waals surface area contributed by atoms with Gasteiger partial charge in [-0.1, -0.05) is 49.7 Å². The fourth-order valence-electron chi connectivity index (χ4n) is 3.78. The lowest BCUT2D eigenvalue weighted by atomic mass is 10.1. The maximum absolute atomic E-state index is 13.4. The van der Waals surface area contributed by atoms with E-state index in [2.05, 4.69) is 4.98 Å². The number of benzene rings is 2. The first kappa shape index (κ1) is 28.3. The van der Waals surface area contributed by atoms with Gasteiger partial charge in [0, 0.05) is 25.2 Å². The standard InChI is InChI=1S/C25H32ClN3O5S2/c1-19(2)16-29-23(15-27-25(29)35(30,31)18-21-8-6-5-7-20(21)3)17-28(13-14-34-4)36(32,33)24-11-9-22(26)10-12-24/h5-12,15,19H,13-14,16-18H2,1-4H3. The highest BCUT2D eigenvalue weighted by Gasteiger charge is 2.29. The molecule has 0 spiro atoms. The van der Waals surface area contributed by atoms with Crippen LogP contribution in [0, 0.1) is 12.8 Å². The number of rotatable bonds is 12. The van der Waals surface area contributed by atoms with Gasteiger partial charge in [-0.05, 0) is 48.2 Å². The summed E-state index contributed by atoms with van der Waals surface area (Å²) in [5.41, 5.74) is 2.06. The molecule has 0 amide bonds. The Hall–Kier alpha value is -2.24. The summed E-state index contributed by atoms with van der Waals surface area (Å²) in [7, 11) is -6.21. The van der Waals surface area contributed by atoms with Crippen molar-refractivity contribution in [3.8, 4) is 0 Å². The van der Waals surface area contributed by atoms with E-state index in [9.17, 15) is 16.8 Å². The van der Waals surface area contributed by atoms with Gasteiger partial charge in [-0.15, -0.1) is 0 Å². The molecule has 1 aromatic heterocycles. The number of halogens is 1. The van der Waals surface area contributed by atoms with Gasteiger partial charge in [0.25, 0.3) is 0 Å².